The first kappa shape index (κ1) is 43.0. The first-order valence-corrected chi connectivity index (χ1v) is 22.2. The van der Waals surface area contributed by atoms with Crippen LogP contribution in [0.25, 0.3) is 10.9 Å². The van der Waals surface area contributed by atoms with E-state index in [1.165, 1.54) is 25.0 Å². The molecule has 4 fully saturated rings. The van der Waals surface area contributed by atoms with E-state index in [0.29, 0.717) is 86.0 Å². The number of aromatic nitrogens is 3. The molecule has 2 amide bonds. The third-order valence-electron chi connectivity index (χ3n) is 13.1. The molecule has 4 heterocycles. The van der Waals surface area contributed by atoms with Crippen LogP contribution in [-0.2, 0) is 33.8 Å². The normalized spacial score (nSPS) is 18.9. The summed E-state index contributed by atoms with van der Waals surface area (Å²) in [6, 6.07) is 13.6. The average Bonchev–Trinajstić information content (AvgIpc) is 3.67. The van der Waals surface area contributed by atoms with Gasteiger partial charge in [0.15, 0.2) is 0 Å². The van der Waals surface area contributed by atoms with Crippen LogP contribution in [0, 0.1) is 11.7 Å². The number of H-pyrrole nitrogens is 1. The van der Waals surface area contributed by atoms with Crippen molar-refractivity contribution in [2.24, 2.45) is 5.92 Å². The molecule has 4 N–H and O–H groups in total. The molecule has 1 spiro atoms. The molecule has 1 unspecified atom stereocenters. The number of benzene rings is 2. The number of halogens is 1. The van der Waals surface area contributed by atoms with Gasteiger partial charge in [-0.3, -0.25) is 24.0 Å². The molecule has 328 valence electrons. The number of carbonyl (C=O) groups is 2. The van der Waals surface area contributed by atoms with E-state index in [-0.39, 0.29) is 60.1 Å². The SMILES string of the molecule is O=C(c1ccn(CC2CC2)n1)N1CCOC2(CCN(Cc3cccc(CCOCCC(=O)N(CCNCC(O)c4ccc(O)c5[nH]c(=O)ccc45)C4CCCC4)c3F)CC2)C1. The smallest absolute Gasteiger partial charge is 0.274 e. The maximum Gasteiger partial charge on any atom is 0.274 e. The Morgan fingerprint density at radius 1 is 1.03 bits per heavy atom. The van der Waals surface area contributed by atoms with Gasteiger partial charge in [0.2, 0.25) is 11.5 Å². The highest BCUT2D eigenvalue weighted by Crippen LogP contribution is 2.33. The standard InChI is InChI=1S/C46H60FN7O7/c47-43-33(4-3-5-34(43)30-51-21-17-46(18-22-51)31-52(24-27-61-46)45(59)38-14-20-53(50-38)29-32-8-9-32)15-25-60-26-16-42(58)54(35-6-1-2-7-35)23-19-48-28-40(56)36-10-12-39(55)44-37(36)11-13-41(57)49-44/h3-5,10-14,20,32,35,40,48,55-56H,1-2,6-9,15-19,21-31H2,(H,49,57). The third kappa shape index (κ3) is 10.7. The number of carbonyl (C=O) groups excluding carboxylic acids is 2. The van der Waals surface area contributed by atoms with Crippen LogP contribution in [-0.4, -0.2) is 129 Å². The minimum absolute atomic E-state index is 0.0213. The van der Waals surface area contributed by atoms with Gasteiger partial charge in [0.05, 0.1) is 50.0 Å². The third-order valence-corrected chi connectivity index (χ3v) is 13.1. The summed E-state index contributed by atoms with van der Waals surface area (Å²) in [5, 5.41) is 29.5. The van der Waals surface area contributed by atoms with Gasteiger partial charge < -0.3 is 39.8 Å². The first-order chi connectivity index (χ1) is 29.6. The Hall–Kier alpha value is -4.67. The van der Waals surface area contributed by atoms with Crippen LogP contribution in [0.5, 0.6) is 5.75 Å². The average molecular weight is 842 g/mol. The van der Waals surface area contributed by atoms with Crippen molar-refractivity contribution in [1.29, 1.82) is 0 Å². The molecule has 2 aromatic heterocycles. The molecule has 0 radical (unpaired) electrons. The van der Waals surface area contributed by atoms with Crippen molar-refractivity contribution in [2.45, 2.75) is 95.0 Å². The quantitative estimate of drug-likeness (QED) is 0.105. The number of aromatic amines is 1. The van der Waals surface area contributed by atoms with Crippen LogP contribution in [0.1, 0.15) is 91.1 Å². The van der Waals surface area contributed by atoms with E-state index >= 15 is 4.39 Å². The van der Waals surface area contributed by atoms with Gasteiger partial charge in [0.1, 0.15) is 17.3 Å². The second kappa shape index (κ2) is 19.6. The molecule has 2 aromatic carbocycles. The Morgan fingerprint density at radius 3 is 2.64 bits per heavy atom. The van der Waals surface area contributed by atoms with E-state index in [0.717, 1.165) is 58.2 Å². The number of pyridine rings is 1. The van der Waals surface area contributed by atoms with E-state index in [1.807, 2.05) is 38.9 Å². The summed E-state index contributed by atoms with van der Waals surface area (Å²) in [6.07, 6.45) is 9.74. The van der Waals surface area contributed by atoms with Gasteiger partial charge in [-0.1, -0.05) is 37.1 Å². The molecule has 4 aromatic rings. The fourth-order valence-electron chi connectivity index (χ4n) is 9.34. The van der Waals surface area contributed by atoms with Crippen molar-refractivity contribution in [3.8, 4) is 5.75 Å². The van der Waals surface area contributed by atoms with E-state index in [1.54, 1.807) is 18.2 Å². The summed E-state index contributed by atoms with van der Waals surface area (Å²) < 4.78 is 29.9. The van der Waals surface area contributed by atoms with Gasteiger partial charge in [0.25, 0.3) is 5.91 Å². The highest BCUT2D eigenvalue weighted by molar-refractivity contribution is 5.92. The van der Waals surface area contributed by atoms with Crippen molar-refractivity contribution in [3.05, 3.63) is 93.3 Å². The van der Waals surface area contributed by atoms with Crippen LogP contribution >= 0.6 is 0 Å². The number of likely N-dealkylation sites (tertiary alicyclic amines) is 1. The van der Waals surface area contributed by atoms with Gasteiger partial charge >= 0.3 is 0 Å². The Labute approximate surface area is 356 Å². The summed E-state index contributed by atoms with van der Waals surface area (Å²) in [7, 11) is 0. The fraction of sp³-hybridized carbons (Fsp3) is 0.565. The molecule has 2 saturated heterocycles. The van der Waals surface area contributed by atoms with E-state index in [4.69, 9.17) is 9.47 Å². The maximum absolute atomic E-state index is 15.8. The van der Waals surface area contributed by atoms with Crippen LogP contribution in [0.4, 0.5) is 4.39 Å². The minimum atomic E-state index is -0.887. The van der Waals surface area contributed by atoms with Gasteiger partial charge in [-0.15, -0.1) is 0 Å². The molecule has 14 nitrogen and oxygen atoms in total. The minimum Gasteiger partial charge on any atom is -0.506 e. The Kier molecular flexibility index (Phi) is 13.8. The highest BCUT2D eigenvalue weighted by Gasteiger charge is 2.41. The van der Waals surface area contributed by atoms with Crippen molar-refractivity contribution in [1.82, 2.24) is 34.8 Å². The Balaban J connectivity index is 0.756. The highest BCUT2D eigenvalue weighted by atomic mass is 19.1. The van der Waals surface area contributed by atoms with Crippen molar-refractivity contribution >= 4 is 22.7 Å². The van der Waals surface area contributed by atoms with Gasteiger partial charge in [-0.05, 0) is 80.2 Å². The lowest BCUT2D eigenvalue weighted by molar-refractivity contribution is -0.134. The topological polar surface area (TPSA) is 165 Å². The predicted octanol–water partition coefficient (Wildman–Crippen LogP) is 4.53. The number of nitrogens with zero attached hydrogens (tertiary/aromatic N) is 5. The number of hydrogen-bond acceptors (Lipinski definition) is 10. The predicted molar refractivity (Wildman–Crippen MR) is 228 cm³/mol. The molecule has 2 saturated carbocycles. The van der Waals surface area contributed by atoms with E-state index < -0.39 is 11.7 Å². The number of aromatic hydroxyl groups is 1. The number of piperidine rings is 1. The van der Waals surface area contributed by atoms with Crippen molar-refractivity contribution < 1.29 is 33.7 Å². The lowest BCUT2D eigenvalue weighted by Gasteiger charge is -2.47. The zero-order valence-corrected chi connectivity index (χ0v) is 35.0. The molecular formula is C46H60FN7O7. The summed E-state index contributed by atoms with van der Waals surface area (Å²) in [5.41, 5.74) is 1.87. The number of aliphatic hydroxyl groups excluding tert-OH is 1. The number of amides is 2. The molecule has 0 bridgehead atoms. The monoisotopic (exact) mass is 841 g/mol. The lowest BCUT2D eigenvalue weighted by Crippen LogP contribution is -2.58. The number of ether oxygens (including phenoxy) is 2. The molecule has 15 heteroatoms. The largest absolute Gasteiger partial charge is 0.506 e. The summed E-state index contributed by atoms with van der Waals surface area (Å²) in [6.45, 7) is 6.22. The molecule has 4 aliphatic rings. The van der Waals surface area contributed by atoms with Crippen LogP contribution < -0.4 is 10.9 Å². The fourth-order valence-corrected chi connectivity index (χ4v) is 9.34. The van der Waals surface area contributed by atoms with E-state index in [2.05, 4.69) is 20.3 Å². The second-order valence-electron chi connectivity index (χ2n) is 17.4. The zero-order chi connectivity index (χ0) is 42.3. The number of nitrogens with one attached hydrogen (secondary N) is 2. The number of morpholine rings is 1. The first-order valence-electron chi connectivity index (χ1n) is 22.2. The van der Waals surface area contributed by atoms with Gasteiger partial charge in [-0.25, -0.2) is 4.39 Å². The second-order valence-corrected chi connectivity index (χ2v) is 17.4. The summed E-state index contributed by atoms with van der Waals surface area (Å²) in [5.74, 6) is 0.393. The van der Waals surface area contributed by atoms with Gasteiger partial charge in [-0.2, -0.15) is 5.10 Å². The Bertz CT molecular complexity index is 2190. The number of rotatable bonds is 18. The van der Waals surface area contributed by atoms with Crippen molar-refractivity contribution in [3.63, 3.8) is 0 Å². The molecule has 1 atom stereocenters. The summed E-state index contributed by atoms with van der Waals surface area (Å²) in [4.78, 5) is 47.3. The van der Waals surface area contributed by atoms with Crippen molar-refractivity contribution in [2.75, 3.05) is 65.6 Å². The van der Waals surface area contributed by atoms with Crippen LogP contribution in [0.3, 0.4) is 0 Å². The van der Waals surface area contributed by atoms with Gasteiger partial charge in [0, 0.05) is 81.6 Å². The molecule has 61 heavy (non-hydrogen) atoms. The molecular weight excluding hydrogens is 782 g/mol. The van der Waals surface area contributed by atoms with E-state index in [9.17, 15) is 24.6 Å². The van der Waals surface area contributed by atoms with Crippen LogP contribution in [0.2, 0.25) is 0 Å². The number of fused-ring (bicyclic) bond motifs is 1. The maximum atomic E-state index is 15.8. The molecule has 8 rings (SSSR count). The number of hydrogen-bond donors (Lipinski definition) is 4. The Morgan fingerprint density at radius 2 is 1.84 bits per heavy atom. The van der Waals surface area contributed by atoms with Crippen LogP contribution in [0.15, 0.2) is 59.5 Å². The number of phenolic OH excluding ortho intramolecular Hbond substituents is 1. The number of aliphatic hydroxyl groups is 1. The zero-order valence-electron chi connectivity index (χ0n) is 35.0. The molecule has 2 aliphatic heterocycles. The lowest BCUT2D eigenvalue weighted by atomic mass is 9.89. The number of phenols is 1. The molecule has 2 aliphatic carbocycles. The summed E-state index contributed by atoms with van der Waals surface area (Å²) >= 11 is 0.